The first-order valence-electron chi connectivity index (χ1n) is 7.34. The van der Waals surface area contributed by atoms with Crippen molar-refractivity contribution in [3.05, 3.63) is 11.8 Å². The van der Waals surface area contributed by atoms with Crippen LogP contribution in [-0.2, 0) is 19.0 Å². The van der Waals surface area contributed by atoms with Gasteiger partial charge in [0.25, 0.3) is 0 Å². The Morgan fingerprint density at radius 1 is 1.20 bits per heavy atom. The van der Waals surface area contributed by atoms with Gasteiger partial charge in [0.2, 0.25) is 0 Å². The molecule has 1 unspecified atom stereocenters. The molecular formula is C15H24O5. The van der Waals surface area contributed by atoms with E-state index >= 15 is 0 Å². The highest BCUT2D eigenvalue weighted by Crippen LogP contribution is 2.34. The summed E-state index contributed by atoms with van der Waals surface area (Å²) < 4.78 is 16.7. The molecule has 1 fully saturated rings. The highest BCUT2D eigenvalue weighted by Gasteiger charge is 2.43. The van der Waals surface area contributed by atoms with Crippen molar-refractivity contribution in [2.45, 2.75) is 77.0 Å². The van der Waals surface area contributed by atoms with Crippen LogP contribution in [0.1, 0.15) is 52.9 Å². The van der Waals surface area contributed by atoms with Crippen LogP contribution in [0.5, 0.6) is 0 Å². The lowest BCUT2D eigenvalue weighted by Gasteiger charge is -2.18. The summed E-state index contributed by atoms with van der Waals surface area (Å²) in [6.45, 7) is 5.49. The van der Waals surface area contributed by atoms with E-state index in [0.29, 0.717) is 0 Å². The van der Waals surface area contributed by atoms with Crippen molar-refractivity contribution >= 4 is 5.97 Å². The molecule has 2 aliphatic rings. The van der Waals surface area contributed by atoms with Crippen molar-refractivity contribution < 1.29 is 24.1 Å². The van der Waals surface area contributed by atoms with Crippen molar-refractivity contribution in [1.82, 2.24) is 0 Å². The maximum absolute atomic E-state index is 11.7. The minimum atomic E-state index is -0.742. The topological polar surface area (TPSA) is 65.0 Å². The summed E-state index contributed by atoms with van der Waals surface area (Å²) >= 11 is 0. The zero-order valence-electron chi connectivity index (χ0n) is 12.4. The van der Waals surface area contributed by atoms with Crippen LogP contribution < -0.4 is 0 Å². The molecule has 0 spiro atoms. The van der Waals surface area contributed by atoms with Gasteiger partial charge in [0.05, 0.1) is 18.3 Å². The molecule has 3 atom stereocenters. The number of hydrogen-bond acceptors (Lipinski definition) is 5. The first-order valence-corrected chi connectivity index (χ1v) is 7.34. The quantitative estimate of drug-likeness (QED) is 0.693. The molecule has 0 bridgehead atoms. The summed E-state index contributed by atoms with van der Waals surface area (Å²) in [4.78, 5) is 11.7. The van der Waals surface area contributed by atoms with E-state index in [1.807, 2.05) is 20.8 Å². The van der Waals surface area contributed by atoms with Crippen molar-refractivity contribution in [2.75, 3.05) is 0 Å². The Hall–Kier alpha value is -1.07. The predicted octanol–water partition coefficient (Wildman–Crippen LogP) is 2.84. The summed E-state index contributed by atoms with van der Waals surface area (Å²) in [5.74, 6) is -1.38. The van der Waals surface area contributed by atoms with Crippen LogP contribution in [-0.4, -0.2) is 35.2 Å². The molecule has 2 rings (SSSR count). The number of esters is 1. The summed E-state index contributed by atoms with van der Waals surface area (Å²) in [6.07, 6.45) is 4.92. The highest BCUT2D eigenvalue weighted by molar-refractivity contribution is 5.82. The van der Waals surface area contributed by atoms with Gasteiger partial charge in [0.15, 0.2) is 5.79 Å². The maximum Gasteiger partial charge on any atom is 0.334 e. The molecule has 2 aliphatic heterocycles. The number of aliphatic hydroxyl groups excluding tert-OH is 1. The summed E-state index contributed by atoms with van der Waals surface area (Å²) in [6, 6.07) is 0. The van der Waals surface area contributed by atoms with E-state index in [-0.39, 0.29) is 18.0 Å². The van der Waals surface area contributed by atoms with Crippen LogP contribution in [0.25, 0.3) is 0 Å². The van der Waals surface area contributed by atoms with Gasteiger partial charge in [0, 0.05) is 0 Å². The van der Waals surface area contributed by atoms with Gasteiger partial charge in [-0.25, -0.2) is 4.79 Å². The maximum atomic E-state index is 11.7. The summed E-state index contributed by atoms with van der Waals surface area (Å²) in [5, 5.41) is 10.1. The third kappa shape index (κ3) is 3.96. The Morgan fingerprint density at radius 2 is 1.90 bits per heavy atom. The molecule has 0 aromatic heterocycles. The highest BCUT2D eigenvalue weighted by atomic mass is 16.8. The average Bonchev–Trinajstić information content (AvgIpc) is 2.62. The number of hydrogen-bond donors (Lipinski definition) is 1. The van der Waals surface area contributed by atoms with Crippen molar-refractivity contribution in [2.24, 2.45) is 0 Å². The minimum Gasteiger partial charge on any atom is -0.509 e. The summed E-state index contributed by atoms with van der Waals surface area (Å²) in [7, 11) is 0. The van der Waals surface area contributed by atoms with Crippen LogP contribution >= 0.6 is 0 Å². The fraction of sp³-hybridized carbons (Fsp3) is 0.800. The second-order valence-corrected chi connectivity index (χ2v) is 6.05. The van der Waals surface area contributed by atoms with Gasteiger partial charge in [0.1, 0.15) is 11.9 Å². The zero-order valence-corrected chi connectivity index (χ0v) is 12.4. The standard InChI is InChI=1S/C15H24O5/c1-10-7-5-4-6-8-12-14(20-15(2,3)19-12)11(16)9-13(17)18-10/h9-10,12,14,16H,4-8H2,1-3H3/b11-9-/t10?,12-,14-/m0/s1. The van der Waals surface area contributed by atoms with Crippen LogP contribution in [0.4, 0.5) is 0 Å². The molecule has 5 nitrogen and oxygen atoms in total. The molecule has 0 aromatic carbocycles. The second kappa shape index (κ2) is 6.14. The van der Waals surface area contributed by atoms with E-state index in [1.165, 1.54) is 0 Å². The van der Waals surface area contributed by atoms with Crippen LogP contribution in [0.3, 0.4) is 0 Å². The fourth-order valence-electron chi connectivity index (χ4n) is 2.75. The SMILES string of the molecule is CC1CCCCC[C@@H]2OC(C)(C)O[C@H]2/C(O)=C/C(=O)O1. The zero-order chi connectivity index (χ0) is 14.8. The average molecular weight is 284 g/mol. The molecule has 1 saturated heterocycles. The molecule has 20 heavy (non-hydrogen) atoms. The molecule has 0 aliphatic carbocycles. The van der Waals surface area contributed by atoms with E-state index in [0.717, 1.165) is 38.2 Å². The molecule has 0 saturated carbocycles. The van der Waals surface area contributed by atoms with E-state index in [2.05, 4.69) is 0 Å². The van der Waals surface area contributed by atoms with Gasteiger partial charge in [-0.15, -0.1) is 0 Å². The lowest BCUT2D eigenvalue weighted by Crippen LogP contribution is -2.26. The van der Waals surface area contributed by atoms with Gasteiger partial charge in [-0.1, -0.05) is 12.8 Å². The molecule has 114 valence electrons. The Labute approximate surface area is 119 Å². The lowest BCUT2D eigenvalue weighted by molar-refractivity contribution is -0.147. The second-order valence-electron chi connectivity index (χ2n) is 6.05. The van der Waals surface area contributed by atoms with Gasteiger partial charge in [-0.2, -0.15) is 0 Å². The van der Waals surface area contributed by atoms with Crippen molar-refractivity contribution in [1.29, 1.82) is 0 Å². The van der Waals surface area contributed by atoms with Gasteiger partial charge in [-0.05, 0) is 40.0 Å². The predicted molar refractivity (Wildman–Crippen MR) is 73.2 cm³/mol. The number of ether oxygens (including phenoxy) is 3. The third-order valence-electron chi connectivity index (χ3n) is 3.66. The minimum absolute atomic E-state index is 0.113. The van der Waals surface area contributed by atoms with E-state index < -0.39 is 17.9 Å². The summed E-state index contributed by atoms with van der Waals surface area (Å²) in [5.41, 5.74) is 0. The van der Waals surface area contributed by atoms with Crippen molar-refractivity contribution in [3.8, 4) is 0 Å². The Balaban J connectivity index is 2.15. The van der Waals surface area contributed by atoms with Gasteiger partial charge in [-0.3, -0.25) is 0 Å². The first-order chi connectivity index (χ1) is 9.37. The van der Waals surface area contributed by atoms with Crippen molar-refractivity contribution in [3.63, 3.8) is 0 Å². The largest absolute Gasteiger partial charge is 0.509 e. The number of fused-ring (bicyclic) bond motifs is 1. The Bertz CT molecular complexity index is 388. The lowest BCUT2D eigenvalue weighted by atomic mass is 10.0. The van der Waals surface area contributed by atoms with Gasteiger partial charge >= 0.3 is 5.97 Å². The number of aliphatic hydroxyl groups is 1. The number of carbonyl (C=O) groups excluding carboxylic acids is 1. The first kappa shape index (κ1) is 15.3. The van der Waals surface area contributed by atoms with E-state index in [4.69, 9.17) is 14.2 Å². The molecule has 1 N–H and O–H groups in total. The third-order valence-corrected chi connectivity index (χ3v) is 3.66. The Morgan fingerprint density at radius 3 is 2.65 bits per heavy atom. The smallest absolute Gasteiger partial charge is 0.334 e. The molecule has 0 amide bonds. The molecule has 2 heterocycles. The van der Waals surface area contributed by atoms with E-state index in [9.17, 15) is 9.90 Å². The molecule has 5 heteroatoms. The van der Waals surface area contributed by atoms with Crippen LogP contribution in [0.2, 0.25) is 0 Å². The van der Waals surface area contributed by atoms with Crippen LogP contribution in [0, 0.1) is 0 Å². The molecule has 0 radical (unpaired) electrons. The number of rotatable bonds is 0. The monoisotopic (exact) mass is 284 g/mol. The van der Waals surface area contributed by atoms with E-state index in [1.54, 1.807) is 0 Å². The Kier molecular flexibility index (Phi) is 4.70. The number of cyclic esters (lactones) is 1. The normalized spacial score (nSPS) is 37.9. The fourth-order valence-corrected chi connectivity index (χ4v) is 2.75. The van der Waals surface area contributed by atoms with Crippen LogP contribution in [0.15, 0.2) is 11.8 Å². The molecular weight excluding hydrogens is 260 g/mol. The number of carbonyl (C=O) groups is 1. The molecule has 0 aromatic rings. The van der Waals surface area contributed by atoms with Gasteiger partial charge < -0.3 is 19.3 Å².